The van der Waals surface area contributed by atoms with Gasteiger partial charge in [0.15, 0.2) is 0 Å². The molecule has 2 N–H and O–H groups in total. The number of anilines is 1. The maximum absolute atomic E-state index is 13.1. The van der Waals surface area contributed by atoms with Crippen molar-refractivity contribution in [3.63, 3.8) is 0 Å². The molecule has 20 heavy (non-hydrogen) atoms. The van der Waals surface area contributed by atoms with E-state index in [1.165, 1.54) is 6.07 Å². The molecular formula is C14H19BrClFN2O. The zero-order chi connectivity index (χ0) is 13.7. The normalized spacial score (nSPS) is 15.5. The topological polar surface area (TPSA) is 41.1 Å². The highest BCUT2D eigenvalue weighted by atomic mass is 79.9. The Bertz CT molecular complexity index is 453. The molecule has 3 nitrogen and oxygen atoms in total. The average molecular weight is 366 g/mol. The monoisotopic (exact) mass is 364 g/mol. The molecule has 0 radical (unpaired) electrons. The van der Waals surface area contributed by atoms with Crippen molar-refractivity contribution < 1.29 is 9.18 Å². The first-order chi connectivity index (χ1) is 9.15. The minimum atomic E-state index is -0.326. The third-order valence-electron chi connectivity index (χ3n) is 3.44. The summed E-state index contributed by atoms with van der Waals surface area (Å²) in [7, 11) is 0. The number of carbonyl (C=O) groups excluding carboxylic acids is 1. The van der Waals surface area contributed by atoms with Crippen LogP contribution in [0.2, 0.25) is 0 Å². The van der Waals surface area contributed by atoms with Crippen molar-refractivity contribution >= 4 is 39.9 Å². The summed E-state index contributed by atoms with van der Waals surface area (Å²) >= 11 is 3.10. The van der Waals surface area contributed by atoms with Crippen molar-refractivity contribution in [3.05, 3.63) is 28.5 Å². The molecule has 1 aliphatic rings. The second-order valence-electron chi connectivity index (χ2n) is 4.91. The van der Waals surface area contributed by atoms with E-state index in [-0.39, 0.29) is 24.1 Å². The Labute approximate surface area is 133 Å². The SMILES string of the molecule is Cl.O=C(CCC1CCNCC1)Nc1ccc(F)c(Br)c1. The zero-order valence-electron chi connectivity index (χ0n) is 11.1. The molecule has 1 aromatic carbocycles. The van der Waals surface area contributed by atoms with Gasteiger partial charge >= 0.3 is 0 Å². The van der Waals surface area contributed by atoms with Crippen LogP contribution >= 0.6 is 28.3 Å². The minimum absolute atomic E-state index is 0. The highest BCUT2D eigenvalue weighted by Gasteiger charge is 2.14. The molecule has 0 saturated carbocycles. The number of halogens is 3. The van der Waals surface area contributed by atoms with Gasteiger partial charge in [0.25, 0.3) is 0 Å². The Balaban J connectivity index is 0.00000200. The fourth-order valence-corrected chi connectivity index (χ4v) is 2.68. The summed E-state index contributed by atoms with van der Waals surface area (Å²) in [5.74, 6) is 0.316. The van der Waals surface area contributed by atoms with Crippen LogP contribution in [-0.2, 0) is 4.79 Å². The Kier molecular flexibility index (Phi) is 7.48. The maximum atomic E-state index is 13.1. The summed E-state index contributed by atoms with van der Waals surface area (Å²) in [5, 5.41) is 6.11. The molecule has 2 rings (SSSR count). The molecule has 6 heteroatoms. The van der Waals surface area contributed by atoms with E-state index in [1.54, 1.807) is 12.1 Å². The number of nitrogens with one attached hydrogen (secondary N) is 2. The van der Waals surface area contributed by atoms with Gasteiger partial charge in [0.05, 0.1) is 4.47 Å². The number of carbonyl (C=O) groups is 1. The van der Waals surface area contributed by atoms with E-state index in [1.807, 2.05) is 0 Å². The second-order valence-corrected chi connectivity index (χ2v) is 5.76. The fraction of sp³-hybridized carbons (Fsp3) is 0.500. The molecule has 0 bridgehead atoms. The number of rotatable bonds is 4. The van der Waals surface area contributed by atoms with Crippen LogP contribution in [0.15, 0.2) is 22.7 Å². The number of benzene rings is 1. The molecule has 1 fully saturated rings. The van der Waals surface area contributed by atoms with E-state index in [2.05, 4.69) is 26.6 Å². The van der Waals surface area contributed by atoms with Crippen molar-refractivity contribution in [2.24, 2.45) is 5.92 Å². The Morgan fingerprint density at radius 2 is 2.10 bits per heavy atom. The van der Waals surface area contributed by atoms with E-state index in [4.69, 9.17) is 0 Å². The Hall–Kier alpha value is -0.650. The first kappa shape index (κ1) is 17.4. The molecule has 0 aliphatic carbocycles. The van der Waals surface area contributed by atoms with Crippen molar-refractivity contribution in [1.29, 1.82) is 0 Å². The van der Waals surface area contributed by atoms with Gasteiger partial charge in [-0.25, -0.2) is 4.39 Å². The Morgan fingerprint density at radius 3 is 2.75 bits per heavy atom. The standard InChI is InChI=1S/C14H18BrFN2O.ClH/c15-12-9-11(2-3-13(12)16)18-14(19)4-1-10-5-7-17-8-6-10;/h2-3,9-10,17H,1,4-8H2,(H,18,19);1H. The third kappa shape index (κ3) is 5.38. The van der Waals surface area contributed by atoms with Gasteiger partial charge in [-0.05, 0) is 72.4 Å². The number of hydrogen-bond donors (Lipinski definition) is 2. The lowest BCUT2D eigenvalue weighted by Crippen LogP contribution is -2.28. The van der Waals surface area contributed by atoms with Gasteiger partial charge in [0, 0.05) is 12.1 Å². The maximum Gasteiger partial charge on any atom is 0.224 e. The van der Waals surface area contributed by atoms with E-state index in [0.29, 0.717) is 22.5 Å². The molecule has 112 valence electrons. The van der Waals surface area contributed by atoms with E-state index < -0.39 is 0 Å². The molecule has 0 spiro atoms. The minimum Gasteiger partial charge on any atom is -0.326 e. The molecule has 1 amide bonds. The summed E-state index contributed by atoms with van der Waals surface area (Å²) in [6.45, 7) is 2.11. The zero-order valence-corrected chi connectivity index (χ0v) is 13.5. The van der Waals surface area contributed by atoms with Gasteiger partial charge in [-0.15, -0.1) is 12.4 Å². The number of amides is 1. The van der Waals surface area contributed by atoms with Crippen molar-refractivity contribution in [2.45, 2.75) is 25.7 Å². The highest BCUT2D eigenvalue weighted by Crippen LogP contribution is 2.21. The van der Waals surface area contributed by atoms with Gasteiger partial charge in [-0.3, -0.25) is 4.79 Å². The van der Waals surface area contributed by atoms with Gasteiger partial charge in [-0.1, -0.05) is 0 Å². The summed E-state index contributed by atoms with van der Waals surface area (Å²) in [4.78, 5) is 11.8. The van der Waals surface area contributed by atoms with E-state index in [0.717, 1.165) is 32.4 Å². The van der Waals surface area contributed by atoms with Crippen LogP contribution in [0.5, 0.6) is 0 Å². The second kappa shape index (κ2) is 8.60. The molecule has 1 aromatic rings. The largest absolute Gasteiger partial charge is 0.326 e. The lowest BCUT2D eigenvalue weighted by molar-refractivity contribution is -0.116. The molecule has 0 unspecified atom stereocenters. The van der Waals surface area contributed by atoms with Crippen molar-refractivity contribution in [2.75, 3.05) is 18.4 Å². The Morgan fingerprint density at radius 1 is 1.40 bits per heavy atom. The molecule has 1 heterocycles. The summed E-state index contributed by atoms with van der Waals surface area (Å²) in [6, 6.07) is 4.49. The van der Waals surface area contributed by atoms with E-state index in [9.17, 15) is 9.18 Å². The first-order valence-electron chi connectivity index (χ1n) is 6.61. The summed E-state index contributed by atoms with van der Waals surface area (Å²) in [5.41, 5.74) is 0.628. The van der Waals surface area contributed by atoms with Crippen molar-refractivity contribution in [3.8, 4) is 0 Å². The molecule has 1 aliphatic heterocycles. The lowest BCUT2D eigenvalue weighted by Gasteiger charge is -2.22. The van der Waals surface area contributed by atoms with Crippen LogP contribution in [-0.4, -0.2) is 19.0 Å². The quantitative estimate of drug-likeness (QED) is 0.853. The summed E-state index contributed by atoms with van der Waals surface area (Å²) < 4.78 is 13.4. The van der Waals surface area contributed by atoms with Gasteiger partial charge in [0.2, 0.25) is 5.91 Å². The van der Waals surface area contributed by atoms with Crippen LogP contribution in [0, 0.1) is 11.7 Å². The van der Waals surface area contributed by atoms with Crippen LogP contribution in [0.4, 0.5) is 10.1 Å². The van der Waals surface area contributed by atoms with Crippen molar-refractivity contribution in [1.82, 2.24) is 5.32 Å². The lowest BCUT2D eigenvalue weighted by atomic mass is 9.93. The molecule has 0 atom stereocenters. The van der Waals surface area contributed by atoms with Gasteiger partial charge in [0.1, 0.15) is 5.82 Å². The van der Waals surface area contributed by atoms with Crippen LogP contribution < -0.4 is 10.6 Å². The fourth-order valence-electron chi connectivity index (χ4n) is 2.30. The molecule has 1 saturated heterocycles. The predicted molar refractivity (Wildman–Crippen MR) is 84.8 cm³/mol. The van der Waals surface area contributed by atoms with Crippen LogP contribution in [0.1, 0.15) is 25.7 Å². The smallest absolute Gasteiger partial charge is 0.224 e. The molecular weight excluding hydrogens is 347 g/mol. The van der Waals surface area contributed by atoms with E-state index >= 15 is 0 Å². The summed E-state index contributed by atoms with van der Waals surface area (Å²) in [6.07, 6.45) is 3.75. The first-order valence-corrected chi connectivity index (χ1v) is 7.40. The van der Waals surface area contributed by atoms with Crippen LogP contribution in [0.25, 0.3) is 0 Å². The number of hydrogen-bond acceptors (Lipinski definition) is 2. The van der Waals surface area contributed by atoms with Gasteiger partial charge < -0.3 is 10.6 Å². The van der Waals surface area contributed by atoms with Gasteiger partial charge in [-0.2, -0.15) is 0 Å². The predicted octanol–water partition coefficient (Wildman–Crippen LogP) is 3.73. The molecule has 0 aromatic heterocycles. The number of piperidine rings is 1. The highest BCUT2D eigenvalue weighted by molar-refractivity contribution is 9.10. The third-order valence-corrected chi connectivity index (χ3v) is 4.05. The van der Waals surface area contributed by atoms with Crippen LogP contribution in [0.3, 0.4) is 0 Å². The average Bonchev–Trinajstić information content (AvgIpc) is 2.42.